The molecule has 1 aliphatic heterocycles. The summed E-state index contributed by atoms with van der Waals surface area (Å²) in [7, 11) is 0. The van der Waals surface area contributed by atoms with Crippen LogP contribution in [0.25, 0.3) is 0 Å². The standard InChI is InChI=1S/C5H10Cl2N2O2/c1-5(2)3(10)8(6)4(11)9(5)7/h3-4,10-11H,1-2H3. The third-order valence-electron chi connectivity index (χ3n) is 1.84. The van der Waals surface area contributed by atoms with Crippen molar-refractivity contribution in [2.75, 3.05) is 0 Å². The second kappa shape index (κ2) is 2.73. The van der Waals surface area contributed by atoms with Crippen molar-refractivity contribution in [1.82, 2.24) is 8.84 Å². The number of halogens is 2. The molecule has 1 heterocycles. The molecular formula is C5H10Cl2N2O2. The molecule has 4 nitrogen and oxygen atoms in total. The molecule has 1 rings (SSSR count). The fourth-order valence-corrected chi connectivity index (χ4v) is 1.48. The van der Waals surface area contributed by atoms with Crippen LogP contribution in [0.3, 0.4) is 0 Å². The molecular weight excluding hydrogens is 191 g/mol. The summed E-state index contributed by atoms with van der Waals surface area (Å²) in [4.78, 5) is 0. The number of hydrogen-bond acceptors (Lipinski definition) is 4. The maximum atomic E-state index is 9.37. The van der Waals surface area contributed by atoms with Gasteiger partial charge in [-0.25, -0.2) is 0 Å². The van der Waals surface area contributed by atoms with Gasteiger partial charge in [-0.15, -0.1) is 4.42 Å². The first-order valence-electron chi connectivity index (χ1n) is 3.14. The van der Waals surface area contributed by atoms with Crippen LogP contribution < -0.4 is 0 Å². The predicted octanol–water partition coefficient (Wildman–Crippen LogP) is 0.285. The lowest BCUT2D eigenvalue weighted by molar-refractivity contribution is -0.0145. The zero-order chi connectivity index (χ0) is 8.81. The fraction of sp³-hybridized carbons (Fsp3) is 1.00. The Bertz CT molecular complexity index is 151. The van der Waals surface area contributed by atoms with E-state index in [1.54, 1.807) is 13.8 Å². The largest absolute Gasteiger partial charge is 0.375 e. The third kappa shape index (κ3) is 1.24. The molecule has 1 aliphatic rings. The summed E-state index contributed by atoms with van der Waals surface area (Å²) in [6.07, 6.45) is -2.12. The summed E-state index contributed by atoms with van der Waals surface area (Å²) in [5.41, 5.74) is -0.747. The van der Waals surface area contributed by atoms with E-state index in [1.807, 2.05) is 0 Å². The summed E-state index contributed by atoms with van der Waals surface area (Å²) in [5, 5.41) is 18.6. The van der Waals surface area contributed by atoms with E-state index >= 15 is 0 Å². The monoisotopic (exact) mass is 200 g/mol. The number of aliphatic hydroxyl groups is 2. The van der Waals surface area contributed by atoms with E-state index in [0.717, 1.165) is 8.84 Å². The van der Waals surface area contributed by atoms with Crippen LogP contribution in [0.4, 0.5) is 0 Å². The molecule has 0 bridgehead atoms. The highest BCUT2D eigenvalue weighted by atomic mass is 35.5. The van der Waals surface area contributed by atoms with E-state index in [4.69, 9.17) is 23.6 Å². The smallest absolute Gasteiger partial charge is 0.195 e. The molecule has 0 aromatic rings. The average molecular weight is 201 g/mol. The summed E-state index contributed by atoms with van der Waals surface area (Å²) in [6, 6.07) is 0. The molecule has 2 N–H and O–H groups in total. The normalized spacial score (nSPS) is 39.8. The topological polar surface area (TPSA) is 46.9 Å². The van der Waals surface area contributed by atoms with Gasteiger partial charge >= 0.3 is 0 Å². The molecule has 0 aromatic heterocycles. The quantitative estimate of drug-likeness (QED) is 0.553. The SMILES string of the molecule is CC1(C)C(O)N(Cl)C(O)N1Cl. The Kier molecular flexibility index (Phi) is 2.36. The molecule has 2 unspecified atom stereocenters. The van der Waals surface area contributed by atoms with Gasteiger partial charge in [-0.3, -0.25) is 0 Å². The molecule has 1 saturated heterocycles. The number of hydrogen-bond donors (Lipinski definition) is 2. The summed E-state index contributed by atoms with van der Waals surface area (Å²) < 4.78 is 1.94. The molecule has 11 heavy (non-hydrogen) atoms. The summed E-state index contributed by atoms with van der Waals surface area (Å²) in [6.45, 7) is 3.35. The Labute approximate surface area is 75.1 Å². The fourth-order valence-electron chi connectivity index (χ4n) is 0.933. The number of aliphatic hydroxyl groups excluding tert-OH is 2. The second-order valence-corrected chi connectivity index (χ2v) is 3.78. The van der Waals surface area contributed by atoms with E-state index in [2.05, 4.69) is 0 Å². The first-order chi connectivity index (χ1) is 4.89. The van der Waals surface area contributed by atoms with Crippen LogP contribution in [0.1, 0.15) is 13.8 Å². The first-order valence-corrected chi connectivity index (χ1v) is 3.82. The van der Waals surface area contributed by atoms with Crippen LogP contribution in [0.5, 0.6) is 0 Å². The van der Waals surface area contributed by atoms with Crippen molar-refractivity contribution in [2.45, 2.75) is 32.0 Å². The van der Waals surface area contributed by atoms with Gasteiger partial charge < -0.3 is 10.2 Å². The lowest BCUT2D eigenvalue weighted by Crippen LogP contribution is -2.42. The van der Waals surface area contributed by atoms with E-state index < -0.39 is 18.1 Å². The van der Waals surface area contributed by atoms with Crippen LogP contribution in [0, 0.1) is 0 Å². The van der Waals surface area contributed by atoms with Gasteiger partial charge in [0.15, 0.2) is 6.35 Å². The summed E-state index contributed by atoms with van der Waals surface area (Å²) >= 11 is 11.1. The highest BCUT2D eigenvalue weighted by molar-refractivity contribution is 6.17. The minimum absolute atomic E-state index is 0.747. The predicted molar refractivity (Wildman–Crippen MR) is 41.5 cm³/mol. The van der Waals surface area contributed by atoms with Gasteiger partial charge in [0.2, 0.25) is 0 Å². The molecule has 2 atom stereocenters. The molecule has 0 amide bonds. The average Bonchev–Trinajstić information content (AvgIpc) is 2.06. The van der Waals surface area contributed by atoms with Gasteiger partial charge in [-0.05, 0) is 37.4 Å². The van der Waals surface area contributed by atoms with Crippen molar-refractivity contribution < 1.29 is 10.2 Å². The maximum Gasteiger partial charge on any atom is 0.195 e. The van der Waals surface area contributed by atoms with Crippen molar-refractivity contribution in [3.05, 3.63) is 0 Å². The van der Waals surface area contributed by atoms with Crippen LogP contribution >= 0.6 is 23.6 Å². The lowest BCUT2D eigenvalue weighted by atomic mass is 10.1. The second-order valence-electron chi connectivity index (χ2n) is 3.03. The minimum atomic E-state index is -1.15. The molecule has 0 radical (unpaired) electrons. The highest BCUT2D eigenvalue weighted by Crippen LogP contribution is 2.35. The Morgan fingerprint density at radius 1 is 1.27 bits per heavy atom. The van der Waals surface area contributed by atoms with Crippen LogP contribution in [0.2, 0.25) is 0 Å². The van der Waals surface area contributed by atoms with E-state index in [9.17, 15) is 10.2 Å². The Morgan fingerprint density at radius 3 is 1.82 bits per heavy atom. The molecule has 0 aromatic carbocycles. The van der Waals surface area contributed by atoms with E-state index in [0.29, 0.717) is 0 Å². The van der Waals surface area contributed by atoms with Crippen molar-refractivity contribution in [1.29, 1.82) is 0 Å². The Balaban J connectivity index is 2.87. The Morgan fingerprint density at radius 2 is 1.73 bits per heavy atom. The zero-order valence-electron chi connectivity index (χ0n) is 6.20. The van der Waals surface area contributed by atoms with Crippen molar-refractivity contribution in [2.24, 2.45) is 0 Å². The summed E-state index contributed by atoms with van der Waals surface area (Å²) in [5.74, 6) is 0. The molecule has 0 aliphatic carbocycles. The molecule has 0 saturated carbocycles. The Hall–Kier alpha value is 0.420. The van der Waals surface area contributed by atoms with Crippen LogP contribution in [0.15, 0.2) is 0 Å². The van der Waals surface area contributed by atoms with Crippen LogP contribution in [-0.2, 0) is 0 Å². The zero-order valence-corrected chi connectivity index (χ0v) is 7.71. The van der Waals surface area contributed by atoms with Crippen molar-refractivity contribution in [3.63, 3.8) is 0 Å². The van der Waals surface area contributed by atoms with Gasteiger partial charge in [-0.1, -0.05) is 0 Å². The third-order valence-corrected chi connectivity index (χ3v) is 2.81. The number of rotatable bonds is 0. The van der Waals surface area contributed by atoms with Gasteiger partial charge in [0.1, 0.15) is 6.23 Å². The van der Waals surface area contributed by atoms with E-state index in [-0.39, 0.29) is 0 Å². The first kappa shape index (κ1) is 9.51. The molecule has 1 fully saturated rings. The van der Waals surface area contributed by atoms with Crippen molar-refractivity contribution in [3.8, 4) is 0 Å². The van der Waals surface area contributed by atoms with Gasteiger partial charge in [0.25, 0.3) is 0 Å². The van der Waals surface area contributed by atoms with Gasteiger partial charge in [-0.2, -0.15) is 4.42 Å². The highest BCUT2D eigenvalue weighted by Gasteiger charge is 2.50. The minimum Gasteiger partial charge on any atom is -0.375 e. The number of nitrogens with zero attached hydrogens (tertiary/aromatic N) is 2. The molecule has 66 valence electrons. The maximum absolute atomic E-state index is 9.37. The van der Waals surface area contributed by atoms with Crippen LogP contribution in [-0.4, -0.2) is 37.2 Å². The molecule has 0 spiro atoms. The van der Waals surface area contributed by atoms with E-state index in [1.165, 1.54) is 0 Å². The van der Waals surface area contributed by atoms with Gasteiger partial charge in [0, 0.05) is 0 Å². The molecule has 6 heteroatoms. The van der Waals surface area contributed by atoms with Crippen molar-refractivity contribution >= 4 is 23.6 Å². The van der Waals surface area contributed by atoms with Gasteiger partial charge in [0.05, 0.1) is 5.54 Å². The lowest BCUT2D eigenvalue weighted by Gasteiger charge is -2.26.